The lowest BCUT2D eigenvalue weighted by Gasteiger charge is -2.21. The van der Waals surface area contributed by atoms with Crippen LogP contribution in [0.2, 0.25) is 0 Å². The third-order valence-corrected chi connectivity index (χ3v) is 3.30. The number of halogens is 4. The highest BCUT2D eigenvalue weighted by Gasteiger charge is 2.36. The molecule has 0 atom stereocenters. The van der Waals surface area contributed by atoms with E-state index >= 15 is 0 Å². The topological polar surface area (TPSA) is 45.1 Å². The molecule has 0 aliphatic rings. The zero-order valence-electron chi connectivity index (χ0n) is 13.5. The lowest BCUT2D eigenvalue weighted by atomic mass is 10.0. The van der Waals surface area contributed by atoms with Crippen LogP contribution in [0.25, 0.3) is 11.1 Å². The summed E-state index contributed by atoms with van der Waals surface area (Å²) < 4.78 is 51.4. The molecule has 0 radical (unpaired) electrons. The summed E-state index contributed by atoms with van der Waals surface area (Å²) in [4.78, 5) is 3.16. The zero-order chi connectivity index (χ0) is 18.1. The molecule has 1 heterocycles. The minimum atomic E-state index is -4.86. The van der Waals surface area contributed by atoms with Gasteiger partial charge >= 0.3 is 6.18 Å². The Morgan fingerprint density at radius 1 is 1.12 bits per heavy atom. The third-order valence-electron chi connectivity index (χ3n) is 3.30. The minimum Gasteiger partial charge on any atom is -0.507 e. The van der Waals surface area contributed by atoms with Gasteiger partial charge in [0.15, 0.2) is 11.5 Å². The van der Waals surface area contributed by atoms with Gasteiger partial charge in [0, 0.05) is 29.4 Å². The predicted molar refractivity (Wildman–Crippen MR) is 82.9 cm³/mol. The largest absolute Gasteiger partial charge is 0.507 e. The van der Waals surface area contributed by atoms with E-state index < -0.39 is 17.7 Å². The molecule has 0 unspecified atom stereocenters. The van der Waals surface area contributed by atoms with Crippen LogP contribution in [0, 0.1) is 5.82 Å². The maximum absolute atomic E-state index is 13.7. The Kier molecular flexibility index (Phi) is 4.85. The molecule has 0 spiro atoms. The first-order chi connectivity index (χ1) is 11.0. The van der Waals surface area contributed by atoms with Crippen molar-refractivity contribution in [3.8, 4) is 16.9 Å². The van der Waals surface area contributed by atoms with Crippen molar-refractivity contribution in [3.63, 3.8) is 0 Å². The minimum absolute atomic E-state index is 0.0793. The molecule has 1 aromatic heterocycles. The number of pyridine rings is 1. The second-order valence-electron chi connectivity index (χ2n) is 6.51. The van der Waals surface area contributed by atoms with Crippen molar-refractivity contribution in [2.75, 3.05) is 0 Å². The number of hydrogen-bond acceptors (Lipinski definition) is 3. The SMILES string of the molecule is CC(C)(C)NCc1ccc(O)c(-c2cnc(C(F)(F)F)c(F)c2)c1. The number of aromatic nitrogens is 1. The molecule has 0 aliphatic carbocycles. The first-order valence-electron chi connectivity index (χ1n) is 7.27. The summed E-state index contributed by atoms with van der Waals surface area (Å²) in [7, 11) is 0. The molecule has 3 nitrogen and oxygen atoms in total. The Morgan fingerprint density at radius 3 is 2.33 bits per heavy atom. The van der Waals surface area contributed by atoms with Crippen molar-refractivity contribution in [2.45, 2.75) is 39.0 Å². The second kappa shape index (κ2) is 6.39. The number of nitrogens with zero attached hydrogens (tertiary/aromatic N) is 1. The van der Waals surface area contributed by atoms with E-state index in [9.17, 15) is 22.7 Å². The lowest BCUT2D eigenvalue weighted by Crippen LogP contribution is -2.35. The predicted octanol–water partition coefficient (Wildman–Crippen LogP) is 4.50. The summed E-state index contributed by atoms with van der Waals surface area (Å²) >= 11 is 0. The summed E-state index contributed by atoms with van der Waals surface area (Å²) in [5.41, 5.74) is -0.589. The van der Waals surface area contributed by atoms with E-state index in [1.807, 2.05) is 20.8 Å². The van der Waals surface area contributed by atoms with E-state index in [0.29, 0.717) is 6.54 Å². The average Bonchev–Trinajstić information content (AvgIpc) is 2.44. The number of phenols is 1. The zero-order valence-corrected chi connectivity index (χ0v) is 13.5. The van der Waals surface area contributed by atoms with E-state index in [-0.39, 0.29) is 22.4 Å². The van der Waals surface area contributed by atoms with Gasteiger partial charge in [0.1, 0.15) is 5.75 Å². The van der Waals surface area contributed by atoms with Crippen LogP contribution in [0.15, 0.2) is 30.5 Å². The Bertz CT molecular complexity index is 736. The number of rotatable bonds is 3. The van der Waals surface area contributed by atoms with Crippen molar-refractivity contribution in [2.24, 2.45) is 0 Å². The molecule has 2 N–H and O–H groups in total. The van der Waals surface area contributed by atoms with Gasteiger partial charge in [-0.15, -0.1) is 0 Å². The smallest absolute Gasteiger partial charge is 0.436 e. The second-order valence-corrected chi connectivity index (χ2v) is 6.51. The highest BCUT2D eigenvalue weighted by Crippen LogP contribution is 2.34. The fourth-order valence-corrected chi connectivity index (χ4v) is 2.09. The fraction of sp³-hybridized carbons (Fsp3) is 0.353. The molecule has 0 fully saturated rings. The number of phenolic OH excluding ortho intramolecular Hbond substituents is 1. The van der Waals surface area contributed by atoms with Crippen LogP contribution in [-0.2, 0) is 12.7 Å². The standard InChI is InChI=1S/C17H18F4N2O/c1-16(2,3)23-8-10-4-5-14(24)12(6-10)11-7-13(18)15(22-9-11)17(19,20)21/h4-7,9,23-24H,8H2,1-3H3. The van der Waals surface area contributed by atoms with Gasteiger partial charge in [-0.25, -0.2) is 9.37 Å². The first-order valence-corrected chi connectivity index (χ1v) is 7.27. The van der Waals surface area contributed by atoms with Gasteiger partial charge < -0.3 is 10.4 Å². The number of aromatic hydroxyl groups is 1. The summed E-state index contributed by atoms with van der Waals surface area (Å²) in [6.07, 6.45) is -3.95. The Balaban J connectivity index is 2.36. The molecular formula is C17H18F4N2O. The van der Waals surface area contributed by atoms with Crippen LogP contribution in [-0.4, -0.2) is 15.6 Å². The first kappa shape index (κ1) is 18.2. The van der Waals surface area contributed by atoms with E-state index in [1.54, 1.807) is 12.1 Å². The van der Waals surface area contributed by atoms with E-state index in [4.69, 9.17) is 0 Å². The Morgan fingerprint density at radius 2 is 1.79 bits per heavy atom. The van der Waals surface area contributed by atoms with Gasteiger partial charge in [-0.2, -0.15) is 13.2 Å². The lowest BCUT2D eigenvalue weighted by molar-refractivity contribution is -0.143. The normalized spacial score (nSPS) is 12.5. The molecule has 0 amide bonds. The molecule has 24 heavy (non-hydrogen) atoms. The molecule has 1 aromatic carbocycles. The number of hydrogen-bond donors (Lipinski definition) is 2. The molecule has 0 saturated heterocycles. The van der Waals surface area contributed by atoms with Crippen molar-refractivity contribution in [3.05, 3.63) is 47.5 Å². The van der Waals surface area contributed by atoms with Crippen molar-refractivity contribution < 1.29 is 22.7 Å². The molecule has 0 bridgehead atoms. The number of benzene rings is 1. The third kappa shape index (κ3) is 4.44. The van der Waals surface area contributed by atoms with Gasteiger partial charge in [-0.05, 0) is 44.5 Å². The van der Waals surface area contributed by atoms with E-state index in [0.717, 1.165) is 17.8 Å². The van der Waals surface area contributed by atoms with Gasteiger partial charge in [0.2, 0.25) is 0 Å². The van der Waals surface area contributed by atoms with Crippen LogP contribution in [0.4, 0.5) is 17.6 Å². The van der Waals surface area contributed by atoms with Crippen molar-refractivity contribution >= 4 is 0 Å². The fourth-order valence-electron chi connectivity index (χ4n) is 2.09. The van der Waals surface area contributed by atoms with E-state index in [2.05, 4.69) is 10.3 Å². The van der Waals surface area contributed by atoms with Crippen molar-refractivity contribution in [1.82, 2.24) is 10.3 Å². The molecule has 130 valence electrons. The summed E-state index contributed by atoms with van der Waals surface area (Å²) in [6, 6.07) is 5.43. The summed E-state index contributed by atoms with van der Waals surface area (Å²) in [5.74, 6) is -1.63. The molecule has 0 saturated carbocycles. The summed E-state index contributed by atoms with van der Waals surface area (Å²) in [6.45, 7) is 6.46. The maximum atomic E-state index is 13.7. The van der Waals surface area contributed by atoms with Crippen LogP contribution in [0.5, 0.6) is 5.75 Å². The molecule has 0 aliphatic heterocycles. The Hall–Kier alpha value is -2.15. The average molecular weight is 342 g/mol. The van der Waals surface area contributed by atoms with Crippen LogP contribution in [0.3, 0.4) is 0 Å². The maximum Gasteiger partial charge on any atom is 0.436 e. The number of alkyl halides is 3. The molecular weight excluding hydrogens is 324 g/mol. The number of nitrogens with one attached hydrogen (secondary N) is 1. The van der Waals surface area contributed by atoms with Gasteiger partial charge in [-0.1, -0.05) is 6.07 Å². The van der Waals surface area contributed by atoms with Crippen molar-refractivity contribution in [1.29, 1.82) is 0 Å². The van der Waals surface area contributed by atoms with Crippen LogP contribution < -0.4 is 5.32 Å². The highest BCUT2D eigenvalue weighted by atomic mass is 19.4. The molecule has 2 aromatic rings. The monoisotopic (exact) mass is 342 g/mol. The quantitative estimate of drug-likeness (QED) is 0.807. The summed E-state index contributed by atoms with van der Waals surface area (Å²) in [5, 5.41) is 13.2. The van der Waals surface area contributed by atoms with Gasteiger partial charge in [0.25, 0.3) is 0 Å². The van der Waals surface area contributed by atoms with E-state index in [1.165, 1.54) is 6.07 Å². The van der Waals surface area contributed by atoms with Gasteiger partial charge in [0.05, 0.1) is 0 Å². The van der Waals surface area contributed by atoms with Crippen LogP contribution in [0.1, 0.15) is 32.0 Å². The Labute approximate surface area is 137 Å². The molecule has 2 rings (SSSR count). The highest BCUT2D eigenvalue weighted by molar-refractivity contribution is 5.70. The van der Waals surface area contributed by atoms with Crippen LogP contribution >= 0.6 is 0 Å². The van der Waals surface area contributed by atoms with Gasteiger partial charge in [-0.3, -0.25) is 0 Å². The molecule has 7 heteroatoms.